The van der Waals surface area contributed by atoms with Gasteiger partial charge in [-0.25, -0.2) is 0 Å². The third-order valence-corrected chi connectivity index (χ3v) is 3.38. The predicted molar refractivity (Wildman–Crippen MR) is 68.2 cm³/mol. The molecule has 0 aromatic carbocycles. The monoisotopic (exact) mass is 298 g/mol. The molecule has 0 atom stereocenters. The van der Waals surface area contributed by atoms with E-state index in [0.29, 0.717) is 18.9 Å². The number of hydrogen-bond donors (Lipinski definition) is 1. The minimum Gasteiger partial charge on any atom is -0.362 e. The summed E-state index contributed by atoms with van der Waals surface area (Å²) in [5.41, 5.74) is 7.14. The van der Waals surface area contributed by atoms with Crippen LogP contribution in [0.1, 0.15) is 17.3 Å². The van der Waals surface area contributed by atoms with Crippen LogP contribution in [-0.4, -0.2) is 26.3 Å². The minimum absolute atomic E-state index is 0.192. The number of halogens is 3. The zero-order chi connectivity index (χ0) is 15.0. The van der Waals surface area contributed by atoms with Gasteiger partial charge in [-0.2, -0.15) is 13.2 Å². The highest BCUT2D eigenvalue weighted by molar-refractivity contribution is 5.47. The molecule has 0 unspecified atom stereocenters. The average molecular weight is 298 g/mol. The molecule has 1 aliphatic rings. The summed E-state index contributed by atoms with van der Waals surface area (Å²) >= 11 is 0. The third kappa shape index (κ3) is 2.56. The molecule has 9 heteroatoms. The van der Waals surface area contributed by atoms with Crippen molar-refractivity contribution in [1.82, 2.24) is 19.7 Å². The molecule has 6 nitrogen and oxygen atoms in total. The van der Waals surface area contributed by atoms with Crippen LogP contribution >= 0.6 is 0 Å². The summed E-state index contributed by atoms with van der Waals surface area (Å²) in [5.74, 6) is -0.630. The van der Waals surface area contributed by atoms with Gasteiger partial charge in [-0.05, 0) is 12.1 Å². The van der Waals surface area contributed by atoms with Crippen molar-refractivity contribution < 1.29 is 13.2 Å². The summed E-state index contributed by atoms with van der Waals surface area (Å²) in [6.07, 6.45) is -2.84. The second kappa shape index (κ2) is 4.99. The van der Waals surface area contributed by atoms with E-state index in [9.17, 15) is 13.2 Å². The van der Waals surface area contributed by atoms with Crippen LogP contribution in [0.25, 0.3) is 0 Å². The van der Waals surface area contributed by atoms with E-state index in [4.69, 9.17) is 5.73 Å². The van der Waals surface area contributed by atoms with Crippen molar-refractivity contribution in [1.29, 1.82) is 0 Å². The third-order valence-electron chi connectivity index (χ3n) is 3.38. The number of pyridine rings is 1. The van der Waals surface area contributed by atoms with Gasteiger partial charge in [0.05, 0.1) is 12.2 Å². The molecule has 0 aliphatic carbocycles. The highest BCUT2D eigenvalue weighted by Gasteiger charge is 2.39. The Morgan fingerprint density at radius 2 is 2.05 bits per heavy atom. The molecular weight excluding hydrogens is 285 g/mol. The summed E-state index contributed by atoms with van der Waals surface area (Å²) in [4.78, 5) is 6.04. The molecule has 0 radical (unpaired) electrons. The molecule has 0 fully saturated rings. The molecule has 21 heavy (non-hydrogen) atoms. The second-order valence-corrected chi connectivity index (χ2v) is 4.72. The molecule has 0 bridgehead atoms. The Bertz CT molecular complexity index is 651. The standard InChI is InChI=1S/C12H13F3N6/c13-12(14,15)11-19-18-10-7-20(3-4-21(10)11)9-1-2-17-8(5-9)6-16/h1-2,5H,3-4,6-7,16H2. The van der Waals surface area contributed by atoms with Crippen molar-refractivity contribution in [2.24, 2.45) is 5.73 Å². The van der Waals surface area contributed by atoms with Gasteiger partial charge in [-0.3, -0.25) is 4.98 Å². The van der Waals surface area contributed by atoms with E-state index < -0.39 is 12.0 Å². The first-order chi connectivity index (χ1) is 9.99. The van der Waals surface area contributed by atoms with Crippen molar-refractivity contribution in [2.75, 3.05) is 11.4 Å². The van der Waals surface area contributed by atoms with Crippen LogP contribution in [0.15, 0.2) is 18.3 Å². The lowest BCUT2D eigenvalue weighted by Gasteiger charge is -2.29. The molecule has 2 aromatic rings. The van der Waals surface area contributed by atoms with E-state index >= 15 is 0 Å². The van der Waals surface area contributed by atoms with Crippen molar-refractivity contribution in [3.63, 3.8) is 0 Å². The molecule has 0 saturated carbocycles. The molecule has 3 rings (SSSR count). The highest BCUT2D eigenvalue weighted by Crippen LogP contribution is 2.30. The first-order valence-corrected chi connectivity index (χ1v) is 6.38. The number of fused-ring (bicyclic) bond motifs is 1. The smallest absolute Gasteiger partial charge is 0.362 e. The van der Waals surface area contributed by atoms with Gasteiger partial charge in [-0.1, -0.05) is 0 Å². The lowest BCUT2D eigenvalue weighted by molar-refractivity contribution is -0.147. The Morgan fingerprint density at radius 1 is 1.24 bits per heavy atom. The van der Waals surface area contributed by atoms with Crippen LogP contribution in [0.3, 0.4) is 0 Å². The molecule has 112 valence electrons. The summed E-state index contributed by atoms with van der Waals surface area (Å²) in [5, 5.41) is 6.91. The minimum atomic E-state index is -4.48. The topological polar surface area (TPSA) is 72.9 Å². The fourth-order valence-electron chi connectivity index (χ4n) is 2.36. The molecule has 2 aromatic heterocycles. The maximum atomic E-state index is 12.8. The Balaban J connectivity index is 1.86. The van der Waals surface area contributed by atoms with E-state index in [-0.39, 0.29) is 13.1 Å². The van der Waals surface area contributed by atoms with Crippen molar-refractivity contribution in [3.05, 3.63) is 35.7 Å². The maximum absolute atomic E-state index is 12.8. The van der Waals surface area contributed by atoms with Gasteiger partial charge in [-0.15, -0.1) is 10.2 Å². The fourth-order valence-corrected chi connectivity index (χ4v) is 2.36. The summed E-state index contributed by atoms with van der Waals surface area (Å²) in [7, 11) is 0. The number of nitrogens with two attached hydrogens (primary N) is 1. The summed E-state index contributed by atoms with van der Waals surface area (Å²) < 4.78 is 39.4. The number of rotatable bonds is 2. The average Bonchev–Trinajstić information content (AvgIpc) is 2.90. The Kier molecular flexibility index (Phi) is 3.28. The van der Waals surface area contributed by atoms with Crippen molar-refractivity contribution >= 4 is 5.69 Å². The number of aromatic nitrogens is 4. The van der Waals surface area contributed by atoms with Crippen LogP contribution in [0.5, 0.6) is 0 Å². The van der Waals surface area contributed by atoms with Gasteiger partial charge in [0, 0.05) is 31.5 Å². The zero-order valence-corrected chi connectivity index (χ0v) is 11.0. The van der Waals surface area contributed by atoms with Gasteiger partial charge >= 0.3 is 6.18 Å². The van der Waals surface area contributed by atoms with Gasteiger partial charge in [0.1, 0.15) is 0 Å². The Hall–Kier alpha value is -2.16. The van der Waals surface area contributed by atoms with E-state index in [2.05, 4.69) is 15.2 Å². The number of nitrogens with zero attached hydrogens (tertiary/aromatic N) is 5. The van der Waals surface area contributed by atoms with E-state index in [1.807, 2.05) is 11.0 Å². The molecule has 0 amide bonds. The SMILES string of the molecule is NCc1cc(N2CCn3c(nnc3C(F)(F)F)C2)ccn1. The first-order valence-electron chi connectivity index (χ1n) is 6.38. The largest absolute Gasteiger partial charge is 0.451 e. The van der Waals surface area contributed by atoms with Crippen LogP contribution in [0.4, 0.5) is 18.9 Å². The number of alkyl halides is 3. The van der Waals surface area contributed by atoms with Gasteiger partial charge in [0.2, 0.25) is 5.82 Å². The molecule has 0 saturated heterocycles. The summed E-state index contributed by atoms with van der Waals surface area (Å²) in [6, 6.07) is 3.63. The first kappa shape index (κ1) is 13.8. The van der Waals surface area contributed by atoms with Crippen LogP contribution in [-0.2, 0) is 25.8 Å². The Morgan fingerprint density at radius 3 is 2.76 bits per heavy atom. The van der Waals surface area contributed by atoms with Crippen molar-refractivity contribution in [3.8, 4) is 0 Å². The quantitative estimate of drug-likeness (QED) is 0.901. The molecular formula is C12H13F3N6. The molecule has 2 N–H and O–H groups in total. The Labute approximate surface area is 118 Å². The lowest BCUT2D eigenvalue weighted by atomic mass is 10.2. The predicted octanol–water partition coefficient (Wildman–Crippen LogP) is 1.17. The summed E-state index contributed by atoms with van der Waals surface area (Å²) in [6.45, 7) is 1.23. The molecule has 0 spiro atoms. The highest BCUT2D eigenvalue weighted by atomic mass is 19.4. The molecule has 3 heterocycles. The van der Waals surface area contributed by atoms with Crippen LogP contribution in [0.2, 0.25) is 0 Å². The lowest BCUT2D eigenvalue weighted by Crippen LogP contribution is -2.35. The normalized spacial score (nSPS) is 15.1. The van der Waals surface area contributed by atoms with E-state index in [1.165, 1.54) is 0 Å². The van der Waals surface area contributed by atoms with Crippen molar-refractivity contribution in [2.45, 2.75) is 25.8 Å². The second-order valence-electron chi connectivity index (χ2n) is 4.72. The van der Waals surface area contributed by atoms with Gasteiger partial charge < -0.3 is 15.2 Å². The zero-order valence-electron chi connectivity index (χ0n) is 11.0. The maximum Gasteiger partial charge on any atom is 0.451 e. The molecule has 1 aliphatic heterocycles. The van der Waals surface area contributed by atoms with Crippen LogP contribution in [0, 0.1) is 0 Å². The fraction of sp³-hybridized carbons (Fsp3) is 0.417. The number of anilines is 1. The van der Waals surface area contributed by atoms with Gasteiger partial charge in [0.25, 0.3) is 0 Å². The van der Waals surface area contributed by atoms with E-state index in [0.717, 1.165) is 15.9 Å². The van der Waals surface area contributed by atoms with Gasteiger partial charge in [0.15, 0.2) is 5.82 Å². The van der Waals surface area contributed by atoms with Crippen LogP contribution < -0.4 is 10.6 Å². The van der Waals surface area contributed by atoms with E-state index in [1.54, 1.807) is 12.3 Å². The number of hydrogen-bond acceptors (Lipinski definition) is 5.